The number of benzene rings is 2. The summed E-state index contributed by atoms with van der Waals surface area (Å²) in [5.74, 6) is 1.18. The quantitative estimate of drug-likeness (QED) is 0.717. The standard InChI is InChI=1S/C23H29N2O4P/c1-28-17-7-11-19(12-8-17)30(27,20-13-9-18(29-2)10-14-20)22-6-4-16-25(22)23(26)21-5-3-15-24-21/h7-14,21-22,24H,3-6,15-16H2,1-2H3/t21-,22?/m0/s1. The predicted octanol–water partition coefficient (Wildman–Crippen LogP) is 2.72. The second kappa shape index (κ2) is 8.83. The minimum Gasteiger partial charge on any atom is -0.497 e. The average molecular weight is 428 g/mol. The van der Waals surface area contributed by atoms with Gasteiger partial charge in [0.05, 0.1) is 26.0 Å². The Morgan fingerprint density at radius 1 is 0.933 bits per heavy atom. The van der Waals surface area contributed by atoms with Crippen LogP contribution in [0.25, 0.3) is 0 Å². The van der Waals surface area contributed by atoms with Gasteiger partial charge in [0.1, 0.15) is 11.5 Å². The molecule has 2 saturated heterocycles. The molecular weight excluding hydrogens is 399 g/mol. The number of nitrogens with one attached hydrogen (secondary N) is 1. The zero-order chi connectivity index (χ0) is 21.1. The highest BCUT2D eigenvalue weighted by Gasteiger charge is 2.46. The molecule has 0 aromatic heterocycles. The first-order valence-corrected chi connectivity index (χ1v) is 12.3. The highest BCUT2D eigenvalue weighted by molar-refractivity contribution is 7.79. The molecule has 1 amide bonds. The predicted molar refractivity (Wildman–Crippen MR) is 119 cm³/mol. The van der Waals surface area contributed by atoms with E-state index in [0.29, 0.717) is 6.54 Å². The van der Waals surface area contributed by atoms with Crippen LogP contribution in [0.4, 0.5) is 0 Å². The Labute approximate surface area is 177 Å². The van der Waals surface area contributed by atoms with Crippen LogP contribution in [0.5, 0.6) is 11.5 Å². The van der Waals surface area contributed by atoms with Gasteiger partial charge in [0.25, 0.3) is 0 Å². The highest BCUT2D eigenvalue weighted by Crippen LogP contribution is 2.54. The van der Waals surface area contributed by atoms with E-state index in [2.05, 4.69) is 5.32 Å². The number of hydrogen-bond donors (Lipinski definition) is 1. The lowest BCUT2D eigenvalue weighted by Gasteiger charge is -2.34. The third-order valence-corrected chi connectivity index (χ3v) is 9.70. The molecule has 2 aromatic rings. The summed E-state index contributed by atoms with van der Waals surface area (Å²) in [6.45, 7) is 1.52. The molecule has 7 heteroatoms. The number of carbonyl (C=O) groups is 1. The minimum absolute atomic E-state index is 0.0808. The molecule has 1 unspecified atom stereocenters. The number of likely N-dealkylation sites (tertiary alicyclic amines) is 1. The van der Waals surface area contributed by atoms with Gasteiger partial charge in [-0.3, -0.25) is 4.79 Å². The lowest BCUT2D eigenvalue weighted by Crippen LogP contribution is -2.47. The summed E-state index contributed by atoms with van der Waals surface area (Å²) in [5, 5.41) is 4.80. The molecule has 2 fully saturated rings. The number of ether oxygens (including phenoxy) is 2. The summed E-state index contributed by atoms with van der Waals surface area (Å²) in [5.41, 5.74) is 0. The van der Waals surface area contributed by atoms with Crippen molar-refractivity contribution in [3.63, 3.8) is 0 Å². The van der Waals surface area contributed by atoms with Crippen LogP contribution >= 0.6 is 7.14 Å². The number of amides is 1. The molecule has 2 aliphatic heterocycles. The topological polar surface area (TPSA) is 67.9 Å². The van der Waals surface area contributed by atoms with E-state index in [1.54, 1.807) is 14.2 Å². The first-order valence-electron chi connectivity index (χ1n) is 10.5. The molecule has 0 aliphatic carbocycles. The molecule has 0 saturated carbocycles. The third kappa shape index (κ3) is 3.75. The number of hydrogen-bond acceptors (Lipinski definition) is 5. The van der Waals surface area contributed by atoms with Gasteiger partial charge >= 0.3 is 0 Å². The molecule has 0 radical (unpaired) electrons. The SMILES string of the molecule is COc1ccc(P(=O)(c2ccc(OC)cc2)C2CCCN2C(=O)[C@@H]2CCCN2)cc1. The van der Waals surface area contributed by atoms with Crippen LogP contribution in [-0.2, 0) is 9.36 Å². The van der Waals surface area contributed by atoms with Gasteiger partial charge in [0, 0.05) is 17.2 Å². The van der Waals surface area contributed by atoms with E-state index in [1.165, 1.54) is 0 Å². The van der Waals surface area contributed by atoms with Crippen LogP contribution in [-0.4, -0.2) is 49.9 Å². The molecule has 2 heterocycles. The zero-order valence-corrected chi connectivity index (χ0v) is 18.4. The van der Waals surface area contributed by atoms with E-state index in [1.807, 2.05) is 53.4 Å². The monoisotopic (exact) mass is 428 g/mol. The van der Waals surface area contributed by atoms with Crippen LogP contribution in [0.3, 0.4) is 0 Å². The van der Waals surface area contributed by atoms with Crippen molar-refractivity contribution < 1.29 is 18.8 Å². The smallest absolute Gasteiger partial charge is 0.240 e. The van der Waals surface area contributed by atoms with Crippen LogP contribution in [0.2, 0.25) is 0 Å². The number of nitrogens with zero attached hydrogens (tertiary/aromatic N) is 1. The van der Waals surface area contributed by atoms with Gasteiger partial charge in [-0.25, -0.2) is 0 Å². The lowest BCUT2D eigenvalue weighted by molar-refractivity contribution is -0.132. The lowest BCUT2D eigenvalue weighted by atomic mass is 10.2. The summed E-state index contributed by atoms with van der Waals surface area (Å²) in [6.07, 6.45) is 3.44. The van der Waals surface area contributed by atoms with Crippen molar-refractivity contribution in [2.75, 3.05) is 27.3 Å². The Balaban J connectivity index is 1.77. The molecule has 1 N–H and O–H groups in total. The molecule has 2 aliphatic rings. The zero-order valence-electron chi connectivity index (χ0n) is 17.5. The largest absolute Gasteiger partial charge is 0.497 e. The fourth-order valence-electron chi connectivity index (χ4n) is 4.58. The van der Waals surface area contributed by atoms with E-state index >= 15 is 0 Å². The Morgan fingerprint density at radius 2 is 1.50 bits per heavy atom. The van der Waals surface area contributed by atoms with Gasteiger partial charge in [0.15, 0.2) is 7.14 Å². The van der Waals surface area contributed by atoms with E-state index in [0.717, 1.165) is 54.3 Å². The Hall–Kier alpha value is -2.30. The van der Waals surface area contributed by atoms with Gasteiger partial charge in [0.2, 0.25) is 5.91 Å². The van der Waals surface area contributed by atoms with Gasteiger partial charge in [-0.1, -0.05) is 0 Å². The van der Waals surface area contributed by atoms with Crippen molar-refractivity contribution in [1.82, 2.24) is 10.2 Å². The van der Waals surface area contributed by atoms with Crippen molar-refractivity contribution in [2.45, 2.75) is 37.5 Å². The normalized spacial score (nSPS) is 21.6. The van der Waals surface area contributed by atoms with Crippen LogP contribution in [0.1, 0.15) is 25.7 Å². The van der Waals surface area contributed by atoms with Crippen molar-refractivity contribution in [2.24, 2.45) is 0 Å². The summed E-state index contributed by atoms with van der Waals surface area (Å²) < 4.78 is 25.4. The number of carbonyl (C=O) groups excluding carboxylic acids is 1. The fraction of sp³-hybridized carbons (Fsp3) is 0.435. The molecular formula is C23H29N2O4P. The molecule has 160 valence electrons. The van der Waals surface area contributed by atoms with Gasteiger partial charge in [-0.15, -0.1) is 0 Å². The highest BCUT2D eigenvalue weighted by atomic mass is 31.2. The molecule has 0 bridgehead atoms. The maximum Gasteiger partial charge on any atom is 0.240 e. The van der Waals surface area contributed by atoms with Gasteiger partial charge < -0.3 is 24.3 Å². The van der Waals surface area contributed by atoms with E-state index in [9.17, 15) is 9.36 Å². The average Bonchev–Trinajstić information content (AvgIpc) is 3.51. The second-order valence-corrected chi connectivity index (χ2v) is 10.8. The summed E-state index contributed by atoms with van der Waals surface area (Å²) >= 11 is 0. The molecule has 6 nitrogen and oxygen atoms in total. The molecule has 30 heavy (non-hydrogen) atoms. The Morgan fingerprint density at radius 3 is 1.97 bits per heavy atom. The third-order valence-electron chi connectivity index (χ3n) is 6.19. The maximum atomic E-state index is 14.9. The fourth-order valence-corrected chi connectivity index (χ4v) is 7.92. The van der Waals surface area contributed by atoms with Crippen LogP contribution in [0, 0.1) is 0 Å². The van der Waals surface area contributed by atoms with Crippen molar-refractivity contribution >= 4 is 23.7 Å². The first-order chi connectivity index (χ1) is 14.6. The van der Waals surface area contributed by atoms with Crippen LogP contribution in [0.15, 0.2) is 48.5 Å². The number of rotatable bonds is 6. The second-order valence-electron chi connectivity index (χ2n) is 7.86. The van der Waals surface area contributed by atoms with Crippen molar-refractivity contribution in [3.05, 3.63) is 48.5 Å². The molecule has 0 spiro atoms. The molecule has 2 atom stereocenters. The summed E-state index contributed by atoms with van der Waals surface area (Å²) in [7, 11) is 0.114. The van der Waals surface area contributed by atoms with Gasteiger partial charge in [-0.05, 0) is 80.8 Å². The summed E-state index contributed by atoms with van der Waals surface area (Å²) in [4.78, 5) is 15.1. The summed E-state index contributed by atoms with van der Waals surface area (Å²) in [6, 6.07) is 14.7. The number of methoxy groups -OCH3 is 2. The van der Waals surface area contributed by atoms with Crippen molar-refractivity contribution in [1.29, 1.82) is 0 Å². The minimum atomic E-state index is -3.12. The van der Waals surface area contributed by atoms with E-state index in [4.69, 9.17) is 9.47 Å². The maximum absolute atomic E-state index is 14.9. The van der Waals surface area contributed by atoms with Crippen LogP contribution < -0.4 is 25.4 Å². The van der Waals surface area contributed by atoms with E-state index < -0.39 is 7.14 Å². The first kappa shape index (κ1) is 21.0. The van der Waals surface area contributed by atoms with Gasteiger partial charge in [-0.2, -0.15) is 0 Å². The molecule has 2 aromatic carbocycles. The Kier molecular flexibility index (Phi) is 6.16. The van der Waals surface area contributed by atoms with Crippen molar-refractivity contribution in [3.8, 4) is 11.5 Å². The molecule has 4 rings (SSSR count). The Bertz CT molecular complexity index is 872. The van der Waals surface area contributed by atoms with E-state index in [-0.39, 0.29) is 17.7 Å².